The Kier molecular flexibility index (Phi) is 8.51. The Labute approximate surface area is 353 Å². The lowest BCUT2D eigenvalue weighted by Gasteiger charge is -2.42. The number of nitrogens with zero attached hydrogens (tertiary/aromatic N) is 3. The van der Waals surface area contributed by atoms with E-state index < -0.39 is 11.0 Å². The summed E-state index contributed by atoms with van der Waals surface area (Å²) in [5, 5.41) is 8.11. The van der Waals surface area contributed by atoms with Gasteiger partial charge in [0.15, 0.2) is 0 Å². The zero-order valence-electron chi connectivity index (χ0n) is 37.6. The highest BCUT2D eigenvalue weighted by molar-refractivity contribution is 5.88. The van der Waals surface area contributed by atoms with Crippen molar-refractivity contribution in [2.24, 2.45) is 0 Å². The van der Waals surface area contributed by atoms with Crippen LogP contribution in [0.5, 0.6) is 0 Å². The smallest absolute Gasteiger partial charge is 0.118 e. The van der Waals surface area contributed by atoms with Crippen molar-refractivity contribution >= 4 is 0 Å². The molecular formula is C55H62N4. The predicted octanol–water partition coefficient (Wildman–Crippen LogP) is 12.9. The van der Waals surface area contributed by atoms with Crippen LogP contribution in [-0.4, -0.2) is 33.7 Å². The van der Waals surface area contributed by atoms with Crippen LogP contribution in [0.15, 0.2) is 122 Å². The van der Waals surface area contributed by atoms with E-state index in [-0.39, 0.29) is 21.7 Å². The van der Waals surface area contributed by atoms with Crippen molar-refractivity contribution in [3.63, 3.8) is 0 Å². The maximum absolute atomic E-state index is 4.60. The third-order valence-electron chi connectivity index (χ3n) is 13.7. The highest BCUT2D eigenvalue weighted by Gasteiger charge is 2.52. The lowest BCUT2D eigenvalue weighted by molar-refractivity contribution is 0.198. The number of aromatic amines is 1. The molecule has 2 heterocycles. The predicted molar refractivity (Wildman–Crippen MR) is 246 cm³/mol. The third-order valence-corrected chi connectivity index (χ3v) is 13.7. The summed E-state index contributed by atoms with van der Waals surface area (Å²) < 4.78 is 0. The van der Waals surface area contributed by atoms with Gasteiger partial charge >= 0.3 is 0 Å². The summed E-state index contributed by atoms with van der Waals surface area (Å²) in [6, 6.07) is 40.9. The molecule has 59 heavy (non-hydrogen) atoms. The molecule has 0 atom stereocenters. The van der Waals surface area contributed by atoms with Gasteiger partial charge in [-0.1, -0.05) is 180 Å². The molecule has 2 aliphatic carbocycles. The Hall–Kier alpha value is -5.35. The molecule has 3 aliphatic rings. The Morgan fingerprint density at radius 2 is 0.864 bits per heavy atom. The van der Waals surface area contributed by atoms with Crippen LogP contribution in [0, 0.1) is 0 Å². The van der Waals surface area contributed by atoms with Crippen molar-refractivity contribution in [2.45, 2.75) is 116 Å². The molecule has 5 aromatic carbocycles. The van der Waals surface area contributed by atoms with Gasteiger partial charge in [0, 0.05) is 25.6 Å². The van der Waals surface area contributed by atoms with E-state index in [0.717, 1.165) is 12.4 Å². The second-order valence-electron chi connectivity index (χ2n) is 21.7. The fraction of sp³-hybridized carbons (Fsp3) is 0.364. The Morgan fingerprint density at radius 1 is 0.475 bits per heavy atom. The molecule has 302 valence electrons. The first-order chi connectivity index (χ1) is 27.7. The van der Waals surface area contributed by atoms with Crippen molar-refractivity contribution in [3.05, 3.63) is 183 Å². The van der Waals surface area contributed by atoms with Gasteiger partial charge in [0.1, 0.15) is 5.54 Å². The highest BCUT2D eigenvalue weighted by atomic mass is 15.4. The zero-order chi connectivity index (χ0) is 42.1. The second kappa shape index (κ2) is 12.8. The molecule has 0 saturated carbocycles. The maximum Gasteiger partial charge on any atom is 0.118 e. The number of nitrogens with one attached hydrogen (secondary N) is 1. The summed E-state index contributed by atoms with van der Waals surface area (Å²) in [6.07, 6.45) is 6.43. The van der Waals surface area contributed by atoms with Gasteiger partial charge < -0.3 is 9.80 Å². The van der Waals surface area contributed by atoms with Crippen molar-refractivity contribution in [3.8, 4) is 22.3 Å². The minimum atomic E-state index is -0.581. The van der Waals surface area contributed by atoms with E-state index in [0.29, 0.717) is 0 Å². The first-order valence-corrected chi connectivity index (χ1v) is 21.5. The zero-order valence-corrected chi connectivity index (χ0v) is 37.6. The quantitative estimate of drug-likeness (QED) is 0.193. The molecule has 1 aliphatic heterocycles. The molecule has 0 radical (unpaired) electrons. The number of benzene rings is 5. The lowest BCUT2D eigenvalue weighted by atomic mass is 9.68. The van der Waals surface area contributed by atoms with Crippen LogP contribution in [0.4, 0.5) is 0 Å². The van der Waals surface area contributed by atoms with Gasteiger partial charge in [-0.15, -0.1) is 0 Å². The maximum atomic E-state index is 4.60. The third kappa shape index (κ3) is 5.80. The molecule has 0 unspecified atom stereocenters. The Bertz CT molecular complexity index is 2500. The largest absolute Gasteiger partial charge is 0.362 e. The SMILES string of the molecule is CN1C=CN(C2(c3ccc(C4(c5ccn[nH]5)c5ccc(C(C)(C)C)cc5-c5cc(C(C)(C)C)ccc54)cc3)c3ccc(C(C)(C)C)cc3-c3cc(C(C)(C)C)ccc32)C1. The minimum Gasteiger partial charge on any atom is -0.362 e. The monoisotopic (exact) mass is 778 g/mol. The topological polar surface area (TPSA) is 35.2 Å². The average molecular weight is 779 g/mol. The van der Waals surface area contributed by atoms with Crippen molar-refractivity contribution in [1.82, 2.24) is 20.0 Å². The fourth-order valence-electron chi connectivity index (χ4n) is 10.2. The molecule has 1 aromatic heterocycles. The normalized spacial score (nSPS) is 16.6. The second-order valence-corrected chi connectivity index (χ2v) is 21.7. The van der Waals surface area contributed by atoms with Crippen molar-refractivity contribution in [2.75, 3.05) is 13.7 Å². The molecule has 0 fully saturated rings. The van der Waals surface area contributed by atoms with Crippen molar-refractivity contribution < 1.29 is 0 Å². The molecule has 4 heteroatoms. The summed E-state index contributed by atoms with van der Waals surface area (Å²) in [5.41, 5.74) is 18.5. The lowest BCUT2D eigenvalue weighted by Crippen LogP contribution is -2.44. The van der Waals surface area contributed by atoms with E-state index >= 15 is 0 Å². The summed E-state index contributed by atoms with van der Waals surface area (Å²) in [7, 11) is 2.18. The standard InChI is InChI=1S/C55H62N4/c1-50(2,3)37-18-22-45-41(30-37)42-31-38(51(4,5)6)19-23-46(42)54(45,49-26-27-56-57-49)35-14-16-36(17-15-35)55(59-29-28-58(13)34-59)47-24-20-39(52(7,8)9)32-43(47)44-33-40(53(10,11)12)21-25-48(44)55/h14-33H,34H2,1-13H3,(H,56,57). The van der Waals surface area contributed by atoms with Crippen molar-refractivity contribution in [1.29, 1.82) is 0 Å². The first kappa shape index (κ1) is 39.1. The highest BCUT2D eigenvalue weighted by Crippen LogP contribution is 2.59. The van der Waals surface area contributed by atoms with E-state index in [4.69, 9.17) is 0 Å². The summed E-state index contributed by atoms with van der Waals surface area (Å²) in [5.74, 6) is 0. The van der Waals surface area contributed by atoms with Crippen LogP contribution in [0.2, 0.25) is 0 Å². The molecule has 4 nitrogen and oxygen atoms in total. The van der Waals surface area contributed by atoms with E-state index in [1.807, 2.05) is 6.20 Å². The van der Waals surface area contributed by atoms with E-state index in [1.165, 1.54) is 77.9 Å². The van der Waals surface area contributed by atoms with Gasteiger partial charge in [-0.3, -0.25) is 5.10 Å². The van der Waals surface area contributed by atoms with Gasteiger partial charge in [0.25, 0.3) is 0 Å². The summed E-state index contributed by atoms with van der Waals surface area (Å²) in [6.45, 7) is 28.6. The average Bonchev–Trinajstić information content (AvgIpc) is 3.97. The van der Waals surface area contributed by atoms with Crippen LogP contribution in [0.3, 0.4) is 0 Å². The number of fused-ring (bicyclic) bond motifs is 6. The van der Waals surface area contributed by atoms with E-state index in [2.05, 4.69) is 226 Å². The van der Waals surface area contributed by atoms with E-state index in [9.17, 15) is 0 Å². The number of rotatable bonds is 4. The van der Waals surface area contributed by atoms with Crippen LogP contribution >= 0.6 is 0 Å². The summed E-state index contributed by atoms with van der Waals surface area (Å²) in [4.78, 5) is 4.85. The summed E-state index contributed by atoms with van der Waals surface area (Å²) >= 11 is 0. The molecular weight excluding hydrogens is 717 g/mol. The van der Waals surface area contributed by atoms with Crippen LogP contribution < -0.4 is 0 Å². The van der Waals surface area contributed by atoms with Gasteiger partial charge in [-0.2, -0.15) is 5.10 Å². The molecule has 0 saturated heterocycles. The van der Waals surface area contributed by atoms with Crippen LogP contribution in [0.1, 0.15) is 144 Å². The Balaban J connectivity index is 1.32. The van der Waals surface area contributed by atoms with Crippen LogP contribution in [0.25, 0.3) is 22.3 Å². The van der Waals surface area contributed by atoms with E-state index in [1.54, 1.807) is 0 Å². The number of hydrogen-bond donors (Lipinski definition) is 1. The molecule has 9 rings (SSSR count). The molecule has 1 N–H and O–H groups in total. The molecule has 0 amide bonds. The number of H-pyrrole nitrogens is 1. The molecule has 6 aromatic rings. The molecule has 0 bridgehead atoms. The molecule has 0 spiro atoms. The Morgan fingerprint density at radius 3 is 1.22 bits per heavy atom. The first-order valence-electron chi connectivity index (χ1n) is 21.5. The fourth-order valence-corrected chi connectivity index (χ4v) is 10.2. The van der Waals surface area contributed by atoms with Crippen LogP contribution in [-0.2, 0) is 32.6 Å². The minimum absolute atomic E-state index is 0.0132. The number of aromatic nitrogens is 2. The van der Waals surface area contributed by atoms with Gasteiger partial charge in [0.05, 0.1) is 17.8 Å². The van der Waals surface area contributed by atoms with Gasteiger partial charge in [-0.05, 0) is 106 Å². The van der Waals surface area contributed by atoms with Gasteiger partial charge in [-0.25, -0.2) is 0 Å². The number of hydrogen-bond acceptors (Lipinski definition) is 3. The van der Waals surface area contributed by atoms with Gasteiger partial charge in [0.2, 0.25) is 0 Å².